The number of methoxy groups -OCH3 is 1. The minimum atomic E-state index is 0.00598. The van der Waals surface area contributed by atoms with Crippen LogP contribution in [0.3, 0.4) is 0 Å². The van der Waals surface area contributed by atoms with Crippen molar-refractivity contribution in [1.82, 2.24) is 4.90 Å². The highest BCUT2D eigenvalue weighted by Crippen LogP contribution is 2.19. The van der Waals surface area contributed by atoms with Gasteiger partial charge in [0.2, 0.25) is 0 Å². The number of hydrogen-bond donors (Lipinski definition) is 1. The van der Waals surface area contributed by atoms with Gasteiger partial charge >= 0.3 is 0 Å². The number of ether oxygens (including phenoxy) is 2. The van der Waals surface area contributed by atoms with Gasteiger partial charge in [0.1, 0.15) is 5.75 Å². The molecule has 4 heteroatoms. The number of benzene rings is 1. The second-order valence-corrected chi connectivity index (χ2v) is 5.37. The van der Waals surface area contributed by atoms with Crippen molar-refractivity contribution >= 4 is 0 Å². The Hall–Kier alpha value is -1.10. The number of nitrogens with two attached hydrogens (primary N) is 1. The monoisotopic (exact) mass is 278 g/mol. The second kappa shape index (κ2) is 7.62. The molecule has 0 spiro atoms. The number of rotatable bonds is 7. The lowest BCUT2D eigenvalue weighted by atomic mass is 10.1. The van der Waals surface area contributed by atoms with Crippen LogP contribution in [-0.2, 0) is 4.74 Å². The number of hydrogen-bond acceptors (Lipinski definition) is 4. The molecule has 1 aliphatic rings. The van der Waals surface area contributed by atoms with Crippen LogP contribution in [0.25, 0.3) is 0 Å². The SMILES string of the molecule is CCN(CC1CCCO1)CC(N)c1cccc(OC)c1. The molecule has 20 heavy (non-hydrogen) atoms. The molecule has 0 saturated carbocycles. The molecular formula is C16H26N2O2. The Morgan fingerprint density at radius 1 is 1.50 bits per heavy atom. The Bertz CT molecular complexity index is 405. The summed E-state index contributed by atoms with van der Waals surface area (Å²) >= 11 is 0. The fraction of sp³-hybridized carbons (Fsp3) is 0.625. The van der Waals surface area contributed by atoms with Crippen LogP contribution >= 0.6 is 0 Å². The molecule has 1 saturated heterocycles. The summed E-state index contributed by atoms with van der Waals surface area (Å²) in [5.41, 5.74) is 7.45. The first kappa shape index (κ1) is 15.3. The molecule has 0 aromatic heterocycles. The molecule has 4 nitrogen and oxygen atoms in total. The maximum Gasteiger partial charge on any atom is 0.119 e. The molecule has 0 amide bonds. The van der Waals surface area contributed by atoms with Crippen LogP contribution in [0.5, 0.6) is 5.75 Å². The van der Waals surface area contributed by atoms with Crippen molar-refractivity contribution in [2.75, 3.05) is 33.4 Å². The van der Waals surface area contributed by atoms with Gasteiger partial charge in [0.15, 0.2) is 0 Å². The van der Waals surface area contributed by atoms with Crippen LogP contribution in [0.2, 0.25) is 0 Å². The predicted octanol–water partition coefficient (Wildman–Crippen LogP) is 2.20. The Kier molecular flexibility index (Phi) is 5.83. The average Bonchev–Trinajstić information content (AvgIpc) is 2.99. The summed E-state index contributed by atoms with van der Waals surface area (Å²) in [7, 11) is 1.68. The van der Waals surface area contributed by atoms with Gasteiger partial charge in [0.25, 0.3) is 0 Å². The minimum Gasteiger partial charge on any atom is -0.497 e. The van der Waals surface area contributed by atoms with Crippen LogP contribution < -0.4 is 10.5 Å². The lowest BCUT2D eigenvalue weighted by Crippen LogP contribution is -2.37. The van der Waals surface area contributed by atoms with Crippen LogP contribution in [0, 0.1) is 0 Å². The van der Waals surface area contributed by atoms with Gasteiger partial charge in [-0.15, -0.1) is 0 Å². The molecule has 1 fully saturated rings. The van der Waals surface area contributed by atoms with Crippen molar-refractivity contribution in [3.8, 4) is 5.75 Å². The highest BCUT2D eigenvalue weighted by Gasteiger charge is 2.20. The van der Waals surface area contributed by atoms with E-state index in [0.717, 1.165) is 37.6 Å². The van der Waals surface area contributed by atoms with Gasteiger partial charge in [0, 0.05) is 25.7 Å². The lowest BCUT2D eigenvalue weighted by Gasteiger charge is -2.26. The second-order valence-electron chi connectivity index (χ2n) is 5.37. The third kappa shape index (κ3) is 4.20. The highest BCUT2D eigenvalue weighted by atomic mass is 16.5. The molecule has 2 unspecified atom stereocenters. The molecular weight excluding hydrogens is 252 g/mol. The van der Waals surface area contributed by atoms with Crippen molar-refractivity contribution in [2.24, 2.45) is 5.73 Å². The average molecular weight is 278 g/mol. The number of likely N-dealkylation sites (N-methyl/N-ethyl adjacent to an activating group) is 1. The first-order chi connectivity index (χ1) is 9.72. The van der Waals surface area contributed by atoms with E-state index in [1.807, 2.05) is 18.2 Å². The van der Waals surface area contributed by atoms with Crippen molar-refractivity contribution < 1.29 is 9.47 Å². The summed E-state index contributed by atoms with van der Waals surface area (Å²) in [4.78, 5) is 2.38. The fourth-order valence-corrected chi connectivity index (χ4v) is 2.66. The topological polar surface area (TPSA) is 47.7 Å². The Labute approximate surface area is 121 Å². The molecule has 0 bridgehead atoms. The highest BCUT2D eigenvalue weighted by molar-refractivity contribution is 5.30. The maximum absolute atomic E-state index is 6.33. The normalized spacial score (nSPS) is 20.3. The van der Waals surface area contributed by atoms with E-state index in [9.17, 15) is 0 Å². The summed E-state index contributed by atoms with van der Waals surface area (Å²) in [6.07, 6.45) is 2.74. The van der Waals surface area contributed by atoms with E-state index in [1.54, 1.807) is 7.11 Å². The first-order valence-electron chi connectivity index (χ1n) is 7.46. The third-order valence-corrected chi connectivity index (χ3v) is 3.91. The molecule has 2 rings (SSSR count). The van der Waals surface area contributed by atoms with Crippen LogP contribution in [0.15, 0.2) is 24.3 Å². The van der Waals surface area contributed by atoms with Gasteiger partial charge in [0.05, 0.1) is 13.2 Å². The molecule has 112 valence electrons. The maximum atomic E-state index is 6.33. The van der Waals surface area contributed by atoms with Crippen molar-refractivity contribution in [1.29, 1.82) is 0 Å². The predicted molar refractivity (Wildman–Crippen MR) is 81.0 cm³/mol. The van der Waals surface area contributed by atoms with E-state index in [-0.39, 0.29) is 6.04 Å². The van der Waals surface area contributed by atoms with Gasteiger partial charge in [-0.25, -0.2) is 0 Å². The van der Waals surface area contributed by atoms with E-state index >= 15 is 0 Å². The van der Waals surface area contributed by atoms with Gasteiger partial charge < -0.3 is 15.2 Å². The van der Waals surface area contributed by atoms with E-state index in [4.69, 9.17) is 15.2 Å². The van der Waals surface area contributed by atoms with Crippen LogP contribution in [0.1, 0.15) is 31.4 Å². The summed E-state index contributed by atoms with van der Waals surface area (Å²) < 4.78 is 11.0. The molecule has 2 N–H and O–H groups in total. The summed E-state index contributed by atoms with van der Waals surface area (Å²) in [6, 6.07) is 8.02. The third-order valence-electron chi connectivity index (χ3n) is 3.91. The first-order valence-corrected chi connectivity index (χ1v) is 7.46. The largest absolute Gasteiger partial charge is 0.497 e. The molecule has 1 heterocycles. The smallest absolute Gasteiger partial charge is 0.119 e. The van der Waals surface area contributed by atoms with E-state index in [1.165, 1.54) is 12.8 Å². The molecule has 2 atom stereocenters. The Morgan fingerprint density at radius 2 is 2.35 bits per heavy atom. The summed E-state index contributed by atoms with van der Waals surface area (Å²) in [5.74, 6) is 0.861. The zero-order valence-electron chi connectivity index (χ0n) is 12.5. The van der Waals surface area contributed by atoms with Crippen molar-refractivity contribution in [2.45, 2.75) is 31.9 Å². The molecule has 0 aliphatic carbocycles. The lowest BCUT2D eigenvalue weighted by molar-refractivity contribution is 0.0729. The van der Waals surface area contributed by atoms with Gasteiger partial charge in [-0.1, -0.05) is 19.1 Å². The van der Waals surface area contributed by atoms with Crippen LogP contribution in [-0.4, -0.2) is 44.4 Å². The molecule has 1 aliphatic heterocycles. The van der Waals surface area contributed by atoms with E-state index in [2.05, 4.69) is 17.9 Å². The Morgan fingerprint density at radius 3 is 3.00 bits per heavy atom. The molecule has 1 aromatic rings. The zero-order chi connectivity index (χ0) is 14.4. The van der Waals surface area contributed by atoms with Gasteiger partial charge in [-0.05, 0) is 37.1 Å². The van der Waals surface area contributed by atoms with Gasteiger partial charge in [-0.2, -0.15) is 0 Å². The quantitative estimate of drug-likeness (QED) is 0.830. The Balaban J connectivity index is 1.91. The van der Waals surface area contributed by atoms with Crippen LogP contribution in [0.4, 0.5) is 0 Å². The molecule has 0 radical (unpaired) electrons. The zero-order valence-corrected chi connectivity index (χ0v) is 12.5. The standard InChI is InChI=1S/C16H26N2O2/c1-3-18(11-15-8-5-9-20-15)12-16(17)13-6-4-7-14(10-13)19-2/h4,6-7,10,15-16H,3,5,8-9,11-12,17H2,1-2H3. The van der Waals surface area contributed by atoms with Crippen molar-refractivity contribution in [3.63, 3.8) is 0 Å². The summed E-state index contributed by atoms with van der Waals surface area (Å²) in [6.45, 7) is 5.91. The van der Waals surface area contributed by atoms with E-state index < -0.39 is 0 Å². The number of nitrogens with zero attached hydrogens (tertiary/aromatic N) is 1. The van der Waals surface area contributed by atoms with Gasteiger partial charge in [-0.3, -0.25) is 4.90 Å². The van der Waals surface area contributed by atoms with Crippen molar-refractivity contribution in [3.05, 3.63) is 29.8 Å². The fourth-order valence-electron chi connectivity index (χ4n) is 2.66. The summed E-state index contributed by atoms with van der Waals surface area (Å²) in [5, 5.41) is 0. The molecule has 1 aromatic carbocycles. The van der Waals surface area contributed by atoms with E-state index in [0.29, 0.717) is 6.10 Å². The minimum absolute atomic E-state index is 0.00598.